The number of nitrogens with one attached hydrogen (secondary N) is 2. The zero-order chi connectivity index (χ0) is 16.1. The van der Waals surface area contributed by atoms with Crippen molar-refractivity contribution in [3.63, 3.8) is 0 Å². The molecule has 4 heteroatoms. The summed E-state index contributed by atoms with van der Waals surface area (Å²) in [5, 5.41) is 7.36. The summed E-state index contributed by atoms with van der Waals surface area (Å²) in [4.78, 5) is 0. The molecule has 3 nitrogen and oxygen atoms in total. The van der Waals surface area contributed by atoms with Crippen molar-refractivity contribution < 1.29 is 4.74 Å². The quantitative estimate of drug-likeness (QED) is 0.813. The molecule has 0 saturated heterocycles. The Balaban J connectivity index is 1.69. The van der Waals surface area contributed by atoms with Gasteiger partial charge in [-0.3, -0.25) is 0 Å². The third-order valence-electron chi connectivity index (χ3n) is 4.11. The van der Waals surface area contributed by atoms with Crippen LogP contribution in [0, 0.1) is 0 Å². The lowest BCUT2D eigenvalue weighted by molar-refractivity contribution is 0.342. The molecule has 2 aromatic rings. The van der Waals surface area contributed by atoms with Gasteiger partial charge in [0.2, 0.25) is 0 Å². The Kier molecular flexibility index (Phi) is 5.13. The fourth-order valence-electron chi connectivity index (χ4n) is 3.07. The standard InChI is InChI=1S/C19H22N2OS/c1-2-22-18-13-6-5-11-17(18)21-19(23)20-16-12-7-9-14-8-3-4-10-15(14)16/h3-6,8,10-11,13,16H,2,7,9,12H2,1H3,(H2,20,21,23)/t16-/m0/s1. The van der Waals surface area contributed by atoms with Crippen LogP contribution in [0.3, 0.4) is 0 Å². The molecule has 23 heavy (non-hydrogen) atoms. The van der Waals surface area contributed by atoms with E-state index in [0.29, 0.717) is 11.7 Å². The summed E-state index contributed by atoms with van der Waals surface area (Å²) < 4.78 is 5.63. The first kappa shape index (κ1) is 15.8. The number of benzene rings is 2. The molecule has 1 aliphatic carbocycles. The smallest absolute Gasteiger partial charge is 0.171 e. The van der Waals surface area contributed by atoms with Crippen LogP contribution in [0.2, 0.25) is 0 Å². The second-order valence-electron chi connectivity index (χ2n) is 5.67. The molecule has 0 radical (unpaired) electrons. The van der Waals surface area contributed by atoms with Gasteiger partial charge >= 0.3 is 0 Å². The number of rotatable bonds is 4. The molecule has 0 unspecified atom stereocenters. The molecule has 2 N–H and O–H groups in total. The highest BCUT2D eigenvalue weighted by Crippen LogP contribution is 2.30. The van der Waals surface area contributed by atoms with E-state index in [0.717, 1.165) is 24.3 Å². The number of hydrogen-bond acceptors (Lipinski definition) is 2. The Morgan fingerprint density at radius 2 is 1.96 bits per heavy atom. The number of hydrogen-bond donors (Lipinski definition) is 2. The van der Waals surface area contributed by atoms with E-state index < -0.39 is 0 Å². The number of thiocarbonyl (C=S) groups is 1. The summed E-state index contributed by atoms with van der Waals surface area (Å²) in [7, 11) is 0. The van der Waals surface area contributed by atoms with Gasteiger partial charge in [-0.2, -0.15) is 0 Å². The molecule has 1 aliphatic rings. The van der Waals surface area contributed by atoms with Crippen LogP contribution < -0.4 is 15.4 Å². The van der Waals surface area contributed by atoms with E-state index in [4.69, 9.17) is 17.0 Å². The molecule has 0 fully saturated rings. The van der Waals surface area contributed by atoms with E-state index in [1.165, 1.54) is 17.5 Å². The van der Waals surface area contributed by atoms with Gasteiger partial charge in [-0.05, 0) is 61.7 Å². The van der Waals surface area contributed by atoms with Crippen LogP contribution in [0.15, 0.2) is 48.5 Å². The van der Waals surface area contributed by atoms with Crippen molar-refractivity contribution in [1.82, 2.24) is 5.32 Å². The zero-order valence-corrected chi connectivity index (χ0v) is 14.2. The molecule has 0 amide bonds. The molecular weight excluding hydrogens is 304 g/mol. The van der Waals surface area contributed by atoms with Crippen molar-refractivity contribution in [1.29, 1.82) is 0 Å². The molecule has 2 aromatic carbocycles. The van der Waals surface area contributed by atoms with Gasteiger partial charge in [0.05, 0.1) is 18.3 Å². The highest BCUT2D eigenvalue weighted by molar-refractivity contribution is 7.80. The highest BCUT2D eigenvalue weighted by Gasteiger charge is 2.20. The zero-order valence-electron chi connectivity index (χ0n) is 13.3. The molecule has 0 aliphatic heterocycles. The minimum atomic E-state index is 0.277. The fourth-order valence-corrected chi connectivity index (χ4v) is 3.32. The van der Waals surface area contributed by atoms with Crippen LogP contribution >= 0.6 is 12.2 Å². The largest absolute Gasteiger partial charge is 0.492 e. The second kappa shape index (κ2) is 7.47. The summed E-state index contributed by atoms with van der Waals surface area (Å²) >= 11 is 5.51. The Bertz CT molecular complexity index is 687. The van der Waals surface area contributed by atoms with Gasteiger partial charge in [0.1, 0.15) is 5.75 Å². The Hall–Kier alpha value is -2.07. The first-order valence-corrected chi connectivity index (χ1v) is 8.56. The number of anilines is 1. The van der Waals surface area contributed by atoms with Crippen molar-refractivity contribution in [3.8, 4) is 5.75 Å². The predicted octanol–water partition coefficient (Wildman–Crippen LogP) is 4.45. The number of fused-ring (bicyclic) bond motifs is 1. The molecule has 0 saturated carbocycles. The average molecular weight is 326 g/mol. The summed E-state index contributed by atoms with van der Waals surface area (Å²) in [5.74, 6) is 0.822. The van der Waals surface area contributed by atoms with Crippen LogP contribution in [-0.2, 0) is 6.42 Å². The predicted molar refractivity (Wildman–Crippen MR) is 99.1 cm³/mol. The highest BCUT2D eigenvalue weighted by atomic mass is 32.1. The van der Waals surface area contributed by atoms with E-state index >= 15 is 0 Å². The summed E-state index contributed by atoms with van der Waals surface area (Å²) in [6.45, 7) is 2.61. The number of ether oxygens (including phenoxy) is 1. The van der Waals surface area contributed by atoms with E-state index in [1.54, 1.807) is 0 Å². The third-order valence-corrected chi connectivity index (χ3v) is 4.33. The van der Waals surface area contributed by atoms with E-state index in [-0.39, 0.29) is 6.04 Å². The van der Waals surface area contributed by atoms with Gasteiger partial charge < -0.3 is 15.4 Å². The van der Waals surface area contributed by atoms with Crippen molar-refractivity contribution in [3.05, 3.63) is 59.7 Å². The van der Waals surface area contributed by atoms with Crippen LogP contribution in [0.4, 0.5) is 5.69 Å². The van der Waals surface area contributed by atoms with Crippen LogP contribution in [-0.4, -0.2) is 11.7 Å². The topological polar surface area (TPSA) is 33.3 Å². The first-order chi connectivity index (χ1) is 11.3. The SMILES string of the molecule is CCOc1ccccc1NC(=S)N[C@H]1CCCc2ccccc21. The van der Waals surface area contributed by atoms with E-state index in [1.807, 2.05) is 31.2 Å². The molecule has 0 spiro atoms. The molecule has 0 heterocycles. The molecule has 0 bridgehead atoms. The second-order valence-corrected chi connectivity index (χ2v) is 6.08. The summed E-state index contributed by atoms with van der Waals surface area (Å²) in [6.07, 6.45) is 3.44. The molecular formula is C19H22N2OS. The van der Waals surface area contributed by atoms with Gasteiger partial charge in [0.15, 0.2) is 5.11 Å². The van der Waals surface area contributed by atoms with Crippen LogP contribution in [0.5, 0.6) is 5.75 Å². The maximum Gasteiger partial charge on any atom is 0.171 e. The van der Waals surface area contributed by atoms with Gasteiger partial charge in [0.25, 0.3) is 0 Å². The van der Waals surface area contributed by atoms with Crippen molar-refractivity contribution in [2.24, 2.45) is 0 Å². The molecule has 120 valence electrons. The summed E-state index contributed by atoms with van der Waals surface area (Å²) in [5.41, 5.74) is 3.69. The third kappa shape index (κ3) is 3.82. The van der Waals surface area contributed by atoms with Crippen LogP contribution in [0.25, 0.3) is 0 Å². The van der Waals surface area contributed by atoms with Crippen molar-refractivity contribution >= 4 is 23.0 Å². The number of para-hydroxylation sites is 2. The molecule has 1 atom stereocenters. The average Bonchev–Trinajstić information content (AvgIpc) is 2.57. The fraction of sp³-hybridized carbons (Fsp3) is 0.316. The van der Waals surface area contributed by atoms with Gasteiger partial charge in [-0.25, -0.2) is 0 Å². The Morgan fingerprint density at radius 1 is 1.17 bits per heavy atom. The van der Waals surface area contributed by atoms with E-state index in [2.05, 4.69) is 34.9 Å². The normalized spacial score (nSPS) is 16.3. The lowest BCUT2D eigenvalue weighted by Gasteiger charge is -2.27. The molecule has 3 rings (SSSR count). The van der Waals surface area contributed by atoms with Gasteiger partial charge in [0, 0.05) is 0 Å². The maximum absolute atomic E-state index is 5.63. The molecule has 0 aromatic heterocycles. The first-order valence-electron chi connectivity index (χ1n) is 8.15. The van der Waals surface area contributed by atoms with Crippen molar-refractivity contribution in [2.75, 3.05) is 11.9 Å². The van der Waals surface area contributed by atoms with Crippen LogP contribution in [0.1, 0.15) is 36.9 Å². The number of aryl methyl sites for hydroxylation is 1. The lowest BCUT2D eigenvalue weighted by Crippen LogP contribution is -2.34. The van der Waals surface area contributed by atoms with E-state index in [9.17, 15) is 0 Å². The lowest BCUT2D eigenvalue weighted by atomic mass is 9.88. The summed E-state index contributed by atoms with van der Waals surface area (Å²) in [6, 6.07) is 16.8. The monoisotopic (exact) mass is 326 g/mol. The minimum Gasteiger partial charge on any atom is -0.492 e. The van der Waals surface area contributed by atoms with Gasteiger partial charge in [-0.1, -0.05) is 36.4 Å². The Labute approximate surface area is 143 Å². The van der Waals surface area contributed by atoms with Gasteiger partial charge in [-0.15, -0.1) is 0 Å². The maximum atomic E-state index is 5.63. The minimum absolute atomic E-state index is 0.277. The van der Waals surface area contributed by atoms with Crippen molar-refractivity contribution in [2.45, 2.75) is 32.2 Å². The Morgan fingerprint density at radius 3 is 2.83 bits per heavy atom.